The molecular formula is C24H32N2O6S. The van der Waals surface area contributed by atoms with E-state index in [0.717, 1.165) is 5.56 Å². The summed E-state index contributed by atoms with van der Waals surface area (Å²) in [4.78, 5) is 12.8. The van der Waals surface area contributed by atoms with E-state index in [1.54, 1.807) is 76.4 Å². The van der Waals surface area contributed by atoms with E-state index in [1.807, 2.05) is 6.92 Å². The molecular weight excluding hydrogens is 444 g/mol. The van der Waals surface area contributed by atoms with Crippen molar-refractivity contribution in [3.8, 4) is 5.75 Å². The average Bonchev–Trinajstić information content (AvgIpc) is 3.13. The Morgan fingerprint density at radius 1 is 1.09 bits per heavy atom. The van der Waals surface area contributed by atoms with Crippen LogP contribution in [0.5, 0.6) is 5.75 Å². The molecule has 1 fully saturated rings. The van der Waals surface area contributed by atoms with Crippen molar-refractivity contribution >= 4 is 16.1 Å². The normalized spacial score (nSPS) is 20.3. The van der Waals surface area contributed by atoms with Crippen LogP contribution in [-0.2, 0) is 14.8 Å². The Morgan fingerprint density at radius 2 is 1.70 bits per heavy atom. The molecule has 2 N–H and O–H groups in total. The molecule has 8 nitrogen and oxygen atoms in total. The van der Waals surface area contributed by atoms with Crippen LogP contribution in [-0.4, -0.2) is 55.8 Å². The van der Waals surface area contributed by atoms with Gasteiger partial charge >= 0.3 is 6.09 Å². The van der Waals surface area contributed by atoms with Crippen LogP contribution in [0.4, 0.5) is 4.79 Å². The number of aryl methyl sites for hydroxylation is 1. The summed E-state index contributed by atoms with van der Waals surface area (Å²) in [7, 11) is -2.24. The van der Waals surface area contributed by atoms with E-state index < -0.39 is 39.8 Å². The molecule has 9 heteroatoms. The summed E-state index contributed by atoms with van der Waals surface area (Å²) in [6, 6.07) is 13.0. The van der Waals surface area contributed by atoms with Gasteiger partial charge in [-0.2, -0.15) is 4.31 Å². The molecule has 33 heavy (non-hydrogen) atoms. The number of hydrogen-bond donors (Lipinski definition) is 2. The third-order valence-electron chi connectivity index (χ3n) is 5.53. The summed E-state index contributed by atoms with van der Waals surface area (Å²) in [6.07, 6.45) is -1.62. The number of aliphatic hydroxyl groups is 1. The molecule has 0 unspecified atom stereocenters. The highest BCUT2D eigenvalue weighted by atomic mass is 32.2. The summed E-state index contributed by atoms with van der Waals surface area (Å²) in [6.45, 7) is 7.14. The van der Waals surface area contributed by atoms with Gasteiger partial charge in [0.2, 0.25) is 10.0 Å². The minimum absolute atomic E-state index is 0.0455. The number of alkyl carbamates (subject to hydrolysis) is 1. The number of β-amino-alcohol motifs (C(OH)–C–C–N with tert-alkyl or cyclic N) is 1. The molecule has 1 aliphatic heterocycles. The molecule has 0 aliphatic carbocycles. The summed E-state index contributed by atoms with van der Waals surface area (Å²) in [5.74, 6) is 0.0662. The van der Waals surface area contributed by atoms with Crippen LogP contribution in [0.3, 0.4) is 0 Å². The highest BCUT2D eigenvalue weighted by Gasteiger charge is 2.43. The number of aliphatic hydroxyl groups excluding tert-OH is 1. The third-order valence-corrected chi connectivity index (χ3v) is 7.38. The van der Waals surface area contributed by atoms with E-state index in [-0.39, 0.29) is 18.0 Å². The van der Waals surface area contributed by atoms with Gasteiger partial charge in [-0.15, -0.1) is 0 Å². The largest absolute Gasteiger partial charge is 0.497 e. The maximum atomic E-state index is 13.2. The fraction of sp³-hybridized carbons (Fsp3) is 0.458. The van der Waals surface area contributed by atoms with Crippen LogP contribution in [0, 0.1) is 12.8 Å². The third kappa shape index (κ3) is 6.04. The van der Waals surface area contributed by atoms with Crippen molar-refractivity contribution < 1.29 is 27.8 Å². The smallest absolute Gasteiger partial charge is 0.408 e. The Labute approximate surface area is 195 Å². The fourth-order valence-corrected chi connectivity index (χ4v) is 5.34. The molecule has 3 rings (SSSR count). The van der Waals surface area contributed by atoms with Crippen LogP contribution in [0.1, 0.15) is 37.9 Å². The van der Waals surface area contributed by atoms with E-state index in [0.29, 0.717) is 11.3 Å². The van der Waals surface area contributed by atoms with Crippen LogP contribution in [0.15, 0.2) is 53.4 Å². The standard InChI is InChI=1S/C24H32N2O6S/c1-16-6-12-19(13-7-16)33(29,30)26-14-20(21(27)15-26)22(25-23(28)32-24(2,3)4)17-8-10-18(31-5)11-9-17/h6-13,20-22,27H,14-15H2,1-5H3,(H,25,28)/t20-,21+,22-/m0/s1. The van der Waals surface area contributed by atoms with E-state index >= 15 is 0 Å². The second-order valence-electron chi connectivity index (χ2n) is 9.26. The van der Waals surface area contributed by atoms with Gasteiger partial charge in [-0.1, -0.05) is 29.8 Å². The van der Waals surface area contributed by atoms with Crippen molar-refractivity contribution in [3.63, 3.8) is 0 Å². The Morgan fingerprint density at radius 3 is 2.24 bits per heavy atom. The van der Waals surface area contributed by atoms with Gasteiger partial charge in [0.25, 0.3) is 0 Å². The zero-order valence-corrected chi connectivity index (χ0v) is 20.4. The van der Waals surface area contributed by atoms with Gasteiger partial charge in [0, 0.05) is 19.0 Å². The maximum absolute atomic E-state index is 13.2. The molecule has 1 amide bonds. The molecule has 1 heterocycles. The molecule has 0 radical (unpaired) electrons. The Hall–Kier alpha value is -2.62. The predicted molar refractivity (Wildman–Crippen MR) is 125 cm³/mol. The van der Waals surface area contributed by atoms with Gasteiger partial charge in [-0.25, -0.2) is 13.2 Å². The summed E-state index contributed by atoms with van der Waals surface area (Å²) < 4.78 is 38.2. The minimum atomic E-state index is -3.80. The summed E-state index contributed by atoms with van der Waals surface area (Å²) in [5.41, 5.74) is 0.957. The number of carbonyl (C=O) groups excluding carboxylic acids is 1. The first-order chi connectivity index (χ1) is 15.4. The molecule has 0 saturated carbocycles. The molecule has 3 atom stereocenters. The zero-order valence-electron chi connectivity index (χ0n) is 19.6. The Balaban J connectivity index is 1.89. The quantitative estimate of drug-likeness (QED) is 0.663. The van der Waals surface area contributed by atoms with Crippen molar-refractivity contribution in [1.29, 1.82) is 0 Å². The molecule has 2 aromatic carbocycles. The lowest BCUT2D eigenvalue weighted by atomic mass is 9.90. The Kier molecular flexibility index (Phi) is 7.36. The average molecular weight is 477 g/mol. The van der Waals surface area contributed by atoms with E-state index in [9.17, 15) is 18.3 Å². The lowest BCUT2D eigenvalue weighted by molar-refractivity contribution is 0.0451. The highest BCUT2D eigenvalue weighted by Crippen LogP contribution is 2.34. The SMILES string of the molecule is COc1ccc([C@H](NC(=O)OC(C)(C)C)[C@H]2CN(S(=O)(=O)c3ccc(C)cc3)C[C@H]2O)cc1. The van der Waals surface area contributed by atoms with E-state index in [4.69, 9.17) is 9.47 Å². The van der Waals surface area contributed by atoms with Crippen LogP contribution >= 0.6 is 0 Å². The van der Waals surface area contributed by atoms with Crippen molar-refractivity contribution in [2.45, 2.75) is 50.3 Å². The molecule has 0 aromatic heterocycles. The van der Waals surface area contributed by atoms with Crippen LogP contribution in [0.25, 0.3) is 0 Å². The topological polar surface area (TPSA) is 105 Å². The summed E-state index contributed by atoms with van der Waals surface area (Å²) >= 11 is 0. The highest BCUT2D eigenvalue weighted by molar-refractivity contribution is 7.89. The van der Waals surface area contributed by atoms with Crippen molar-refractivity contribution in [1.82, 2.24) is 9.62 Å². The van der Waals surface area contributed by atoms with Gasteiger partial charge in [0.05, 0.1) is 24.2 Å². The molecule has 0 spiro atoms. The van der Waals surface area contributed by atoms with E-state index in [2.05, 4.69) is 5.32 Å². The molecule has 1 aliphatic rings. The van der Waals surface area contributed by atoms with E-state index in [1.165, 1.54) is 4.31 Å². The zero-order chi connectivity index (χ0) is 24.4. The number of nitrogens with zero attached hydrogens (tertiary/aromatic N) is 1. The maximum Gasteiger partial charge on any atom is 0.408 e. The predicted octanol–water partition coefficient (Wildman–Crippen LogP) is 3.25. The van der Waals surface area contributed by atoms with Crippen LogP contribution < -0.4 is 10.1 Å². The second-order valence-corrected chi connectivity index (χ2v) is 11.2. The molecule has 0 bridgehead atoms. The summed E-state index contributed by atoms with van der Waals surface area (Å²) in [5, 5.41) is 13.7. The fourth-order valence-electron chi connectivity index (χ4n) is 3.84. The van der Waals surface area contributed by atoms with Crippen molar-refractivity contribution in [2.75, 3.05) is 20.2 Å². The first kappa shape index (κ1) is 25.0. The molecule has 2 aromatic rings. The first-order valence-electron chi connectivity index (χ1n) is 10.8. The van der Waals surface area contributed by atoms with Gasteiger partial charge in [-0.3, -0.25) is 0 Å². The van der Waals surface area contributed by atoms with Crippen molar-refractivity contribution in [3.05, 3.63) is 59.7 Å². The number of hydrogen-bond acceptors (Lipinski definition) is 6. The first-order valence-corrected chi connectivity index (χ1v) is 12.2. The Bertz CT molecular complexity index is 1060. The van der Waals surface area contributed by atoms with Gasteiger partial charge in [0.1, 0.15) is 11.4 Å². The van der Waals surface area contributed by atoms with Gasteiger partial charge in [0.15, 0.2) is 0 Å². The number of methoxy groups -OCH3 is 1. The number of ether oxygens (including phenoxy) is 2. The number of amides is 1. The lowest BCUT2D eigenvalue weighted by Crippen LogP contribution is -2.41. The monoisotopic (exact) mass is 476 g/mol. The lowest BCUT2D eigenvalue weighted by Gasteiger charge is -2.29. The number of rotatable bonds is 6. The van der Waals surface area contributed by atoms with Gasteiger partial charge in [-0.05, 0) is 57.5 Å². The van der Waals surface area contributed by atoms with Crippen molar-refractivity contribution in [2.24, 2.45) is 5.92 Å². The van der Waals surface area contributed by atoms with Crippen LogP contribution in [0.2, 0.25) is 0 Å². The molecule has 180 valence electrons. The number of nitrogens with one attached hydrogen (secondary N) is 1. The number of sulfonamides is 1. The number of benzene rings is 2. The second kappa shape index (κ2) is 9.70. The van der Waals surface area contributed by atoms with Gasteiger partial charge < -0.3 is 19.9 Å². The molecule has 1 saturated heterocycles. The minimum Gasteiger partial charge on any atom is -0.497 e. The number of carbonyl (C=O) groups is 1.